The first-order valence-corrected chi connectivity index (χ1v) is 9.01. The summed E-state index contributed by atoms with van der Waals surface area (Å²) in [4.78, 5) is 7.69. The summed E-state index contributed by atoms with van der Waals surface area (Å²) in [6.45, 7) is 3.50. The lowest BCUT2D eigenvalue weighted by molar-refractivity contribution is 0.0351. The standard InChI is InChI=1S/C20H22ClFN2O2/c1-14(25)11-24(12-15-2-8-18(22)9-3-15)13-19-10-20(23-26-19)16-4-6-17(21)7-5-16/h2-9,14,19,25H,10-13H2,1H3/t14-,19-/m1/s1. The molecule has 0 fully saturated rings. The van der Waals surface area contributed by atoms with E-state index < -0.39 is 6.10 Å². The molecule has 138 valence electrons. The first-order chi connectivity index (χ1) is 12.5. The zero-order valence-corrected chi connectivity index (χ0v) is 15.4. The number of rotatable bonds is 7. The van der Waals surface area contributed by atoms with Gasteiger partial charge < -0.3 is 9.94 Å². The van der Waals surface area contributed by atoms with Gasteiger partial charge in [0.15, 0.2) is 0 Å². The van der Waals surface area contributed by atoms with E-state index in [1.807, 2.05) is 24.3 Å². The number of benzene rings is 2. The summed E-state index contributed by atoms with van der Waals surface area (Å²) in [5.41, 5.74) is 2.88. The van der Waals surface area contributed by atoms with Crippen molar-refractivity contribution in [3.8, 4) is 0 Å². The van der Waals surface area contributed by atoms with Crippen LogP contribution in [-0.2, 0) is 11.4 Å². The Morgan fingerprint density at radius 1 is 1.23 bits per heavy atom. The van der Waals surface area contributed by atoms with Crippen LogP contribution in [0.4, 0.5) is 4.39 Å². The van der Waals surface area contributed by atoms with Crippen LogP contribution in [0.3, 0.4) is 0 Å². The fourth-order valence-electron chi connectivity index (χ4n) is 3.05. The van der Waals surface area contributed by atoms with E-state index in [0.29, 0.717) is 31.1 Å². The second-order valence-electron chi connectivity index (χ2n) is 6.65. The molecule has 1 aliphatic heterocycles. The van der Waals surface area contributed by atoms with Crippen LogP contribution in [0.5, 0.6) is 0 Å². The highest BCUT2D eigenvalue weighted by Gasteiger charge is 2.25. The smallest absolute Gasteiger partial charge is 0.145 e. The average molecular weight is 377 g/mol. The molecule has 0 amide bonds. The minimum atomic E-state index is -0.464. The van der Waals surface area contributed by atoms with Crippen molar-refractivity contribution in [3.63, 3.8) is 0 Å². The quantitative estimate of drug-likeness (QED) is 0.798. The lowest BCUT2D eigenvalue weighted by Crippen LogP contribution is -2.37. The fraction of sp³-hybridized carbons (Fsp3) is 0.350. The summed E-state index contributed by atoms with van der Waals surface area (Å²) in [6, 6.07) is 13.9. The third-order valence-electron chi connectivity index (χ3n) is 4.21. The molecule has 4 nitrogen and oxygen atoms in total. The Balaban J connectivity index is 1.60. The number of aliphatic hydroxyl groups excluding tert-OH is 1. The Hall–Kier alpha value is -1.95. The molecule has 0 spiro atoms. The van der Waals surface area contributed by atoms with E-state index in [4.69, 9.17) is 16.4 Å². The molecular formula is C20H22ClFN2O2. The molecule has 0 unspecified atom stereocenters. The van der Waals surface area contributed by atoms with Crippen molar-refractivity contribution in [3.05, 3.63) is 70.5 Å². The van der Waals surface area contributed by atoms with Gasteiger partial charge in [-0.2, -0.15) is 0 Å². The third-order valence-corrected chi connectivity index (χ3v) is 4.47. The van der Waals surface area contributed by atoms with Gasteiger partial charge in [-0.15, -0.1) is 0 Å². The van der Waals surface area contributed by atoms with Crippen molar-refractivity contribution >= 4 is 17.3 Å². The molecule has 0 saturated carbocycles. The Kier molecular flexibility index (Phi) is 6.25. The number of nitrogens with zero attached hydrogens (tertiary/aromatic N) is 2. The van der Waals surface area contributed by atoms with Gasteiger partial charge in [-0.25, -0.2) is 4.39 Å². The van der Waals surface area contributed by atoms with Crippen molar-refractivity contribution in [1.29, 1.82) is 0 Å². The maximum Gasteiger partial charge on any atom is 0.145 e. The van der Waals surface area contributed by atoms with E-state index in [2.05, 4.69) is 10.1 Å². The second-order valence-corrected chi connectivity index (χ2v) is 7.08. The topological polar surface area (TPSA) is 45.1 Å². The van der Waals surface area contributed by atoms with Crippen LogP contribution in [0.15, 0.2) is 53.7 Å². The van der Waals surface area contributed by atoms with Gasteiger partial charge in [0.1, 0.15) is 11.9 Å². The Labute approximate surface area is 157 Å². The van der Waals surface area contributed by atoms with Crippen LogP contribution in [0.1, 0.15) is 24.5 Å². The average Bonchev–Trinajstić information content (AvgIpc) is 3.05. The summed E-state index contributed by atoms with van der Waals surface area (Å²) in [5, 5.41) is 14.7. The highest BCUT2D eigenvalue weighted by atomic mass is 35.5. The summed E-state index contributed by atoms with van der Waals surface area (Å²) < 4.78 is 13.1. The highest BCUT2D eigenvalue weighted by Crippen LogP contribution is 2.20. The molecule has 0 saturated heterocycles. The first kappa shape index (κ1) is 18.8. The number of aliphatic hydroxyl groups is 1. The van der Waals surface area contributed by atoms with Crippen molar-refractivity contribution < 1.29 is 14.3 Å². The normalized spacial score (nSPS) is 17.9. The molecule has 1 heterocycles. The van der Waals surface area contributed by atoms with Gasteiger partial charge in [-0.1, -0.05) is 41.0 Å². The van der Waals surface area contributed by atoms with Crippen LogP contribution in [0.2, 0.25) is 5.02 Å². The van der Waals surface area contributed by atoms with Crippen LogP contribution in [0, 0.1) is 5.82 Å². The summed E-state index contributed by atoms with van der Waals surface area (Å²) in [6.07, 6.45) is 0.148. The molecule has 2 aromatic rings. The van der Waals surface area contributed by atoms with Gasteiger partial charge in [0.2, 0.25) is 0 Å². The van der Waals surface area contributed by atoms with E-state index in [1.54, 1.807) is 19.1 Å². The van der Waals surface area contributed by atoms with Gasteiger partial charge in [0.25, 0.3) is 0 Å². The summed E-state index contributed by atoms with van der Waals surface area (Å²) >= 11 is 5.93. The van der Waals surface area contributed by atoms with E-state index in [1.165, 1.54) is 12.1 Å². The zero-order valence-electron chi connectivity index (χ0n) is 14.6. The van der Waals surface area contributed by atoms with Crippen molar-refractivity contribution in [1.82, 2.24) is 4.90 Å². The van der Waals surface area contributed by atoms with Crippen molar-refractivity contribution in [2.24, 2.45) is 5.16 Å². The number of halogens is 2. The molecule has 3 rings (SSSR count). The number of hydrogen-bond donors (Lipinski definition) is 1. The maximum atomic E-state index is 13.1. The Morgan fingerprint density at radius 3 is 2.58 bits per heavy atom. The predicted octanol–water partition coefficient (Wildman–Crippen LogP) is 3.86. The van der Waals surface area contributed by atoms with Crippen LogP contribution < -0.4 is 0 Å². The van der Waals surface area contributed by atoms with Crippen LogP contribution in [-0.4, -0.2) is 41.0 Å². The molecule has 2 aromatic carbocycles. The van der Waals surface area contributed by atoms with Crippen LogP contribution >= 0.6 is 11.6 Å². The molecule has 1 aliphatic rings. The summed E-state index contributed by atoms with van der Waals surface area (Å²) in [7, 11) is 0. The van der Waals surface area contributed by atoms with E-state index in [9.17, 15) is 9.50 Å². The minimum Gasteiger partial charge on any atom is -0.392 e. The van der Waals surface area contributed by atoms with E-state index in [-0.39, 0.29) is 11.9 Å². The molecule has 2 atom stereocenters. The molecule has 0 aromatic heterocycles. The predicted molar refractivity (Wildman–Crippen MR) is 101 cm³/mol. The van der Waals surface area contributed by atoms with Crippen molar-refractivity contribution in [2.45, 2.75) is 32.1 Å². The largest absolute Gasteiger partial charge is 0.392 e. The molecule has 26 heavy (non-hydrogen) atoms. The number of oxime groups is 1. The molecule has 0 bridgehead atoms. The van der Waals surface area contributed by atoms with Crippen LogP contribution in [0.25, 0.3) is 0 Å². The zero-order chi connectivity index (χ0) is 18.5. The molecule has 0 aliphatic carbocycles. The van der Waals surface area contributed by atoms with E-state index in [0.717, 1.165) is 16.8 Å². The molecule has 0 radical (unpaired) electrons. The highest BCUT2D eigenvalue weighted by molar-refractivity contribution is 6.30. The lowest BCUT2D eigenvalue weighted by Gasteiger charge is -2.25. The first-order valence-electron chi connectivity index (χ1n) is 8.63. The van der Waals surface area contributed by atoms with E-state index >= 15 is 0 Å². The Morgan fingerprint density at radius 2 is 1.92 bits per heavy atom. The van der Waals surface area contributed by atoms with Gasteiger partial charge in [0, 0.05) is 31.1 Å². The summed E-state index contributed by atoms with van der Waals surface area (Å²) in [5.74, 6) is -0.254. The maximum absolute atomic E-state index is 13.1. The van der Waals surface area contributed by atoms with Gasteiger partial charge in [-0.3, -0.25) is 4.90 Å². The molecule has 6 heteroatoms. The third kappa shape index (κ3) is 5.27. The number of hydrogen-bond acceptors (Lipinski definition) is 4. The SMILES string of the molecule is C[C@@H](O)CN(Cc1ccc(F)cc1)C[C@H]1CC(c2ccc(Cl)cc2)=NO1. The second kappa shape index (κ2) is 8.62. The molecular weight excluding hydrogens is 355 g/mol. The minimum absolute atomic E-state index is 0.0834. The van der Waals surface area contributed by atoms with Crippen molar-refractivity contribution in [2.75, 3.05) is 13.1 Å². The fourth-order valence-corrected chi connectivity index (χ4v) is 3.18. The molecule has 1 N–H and O–H groups in total. The lowest BCUT2D eigenvalue weighted by atomic mass is 10.0. The monoisotopic (exact) mass is 376 g/mol. The van der Waals surface area contributed by atoms with Gasteiger partial charge >= 0.3 is 0 Å². The van der Waals surface area contributed by atoms with Gasteiger partial charge in [-0.05, 0) is 42.3 Å². The van der Waals surface area contributed by atoms with Gasteiger partial charge in [0.05, 0.1) is 11.8 Å². The Bertz CT molecular complexity index is 747.